The predicted molar refractivity (Wildman–Crippen MR) is 129 cm³/mol. The van der Waals surface area contributed by atoms with E-state index in [2.05, 4.69) is 52.5 Å². The van der Waals surface area contributed by atoms with Crippen molar-refractivity contribution >= 4 is 45.9 Å². The minimum Gasteiger partial charge on any atom is -0.336 e. The van der Waals surface area contributed by atoms with Gasteiger partial charge in [0.25, 0.3) is 0 Å². The highest BCUT2D eigenvalue weighted by atomic mass is 35.5. The first-order valence-corrected chi connectivity index (χ1v) is 11.3. The third-order valence-electron chi connectivity index (χ3n) is 5.72. The van der Waals surface area contributed by atoms with Gasteiger partial charge >= 0.3 is 0 Å². The van der Waals surface area contributed by atoms with Crippen LogP contribution in [0.1, 0.15) is 43.0 Å². The summed E-state index contributed by atoms with van der Waals surface area (Å²) in [5, 5.41) is 11.2. The molecule has 0 aliphatic carbocycles. The van der Waals surface area contributed by atoms with Gasteiger partial charge in [0.05, 0.1) is 12.2 Å². The largest absolute Gasteiger partial charge is 0.336 e. The zero-order valence-corrected chi connectivity index (χ0v) is 20.1. The van der Waals surface area contributed by atoms with Gasteiger partial charge in [-0.1, -0.05) is 37.0 Å². The number of aromatic nitrogens is 3. The van der Waals surface area contributed by atoms with Gasteiger partial charge in [-0.05, 0) is 48.6 Å². The van der Waals surface area contributed by atoms with Gasteiger partial charge in [-0.15, -0.1) is 4.99 Å². The third-order valence-corrected chi connectivity index (χ3v) is 6.11. The number of hydrogen-bond donors (Lipinski definition) is 0. The molecule has 1 saturated heterocycles. The maximum Gasteiger partial charge on any atom is 0.217 e. The molecule has 0 saturated carbocycles. The number of aliphatic imine (C=N–C) groups is 1. The van der Waals surface area contributed by atoms with Gasteiger partial charge in [-0.25, -0.2) is 9.97 Å². The van der Waals surface area contributed by atoms with Gasteiger partial charge in [0, 0.05) is 37.4 Å². The Labute approximate surface area is 197 Å². The first-order chi connectivity index (χ1) is 15.3. The molecule has 1 aliphatic rings. The number of rotatable bonds is 4. The van der Waals surface area contributed by atoms with E-state index in [0.717, 1.165) is 30.0 Å². The van der Waals surface area contributed by atoms with E-state index in [0.29, 0.717) is 35.3 Å². The van der Waals surface area contributed by atoms with Crippen LogP contribution >= 0.6 is 23.2 Å². The van der Waals surface area contributed by atoms with E-state index in [1.54, 1.807) is 12.1 Å². The Kier molecular flexibility index (Phi) is 6.27. The maximum atomic E-state index is 9.40. The van der Waals surface area contributed by atoms with Crippen LogP contribution in [-0.2, 0) is 13.6 Å². The summed E-state index contributed by atoms with van der Waals surface area (Å²) in [6, 6.07) is 5.65. The van der Waals surface area contributed by atoms with Crippen molar-refractivity contribution in [2.24, 2.45) is 12.0 Å². The summed E-state index contributed by atoms with van der Waals surface area (Å²) in [5.74, 6) is 0.930. The van der Waals surface area contributed by atoms with Gasteiger partial charge in [-0.3, -0.25) is 0 Å². The molecular formula is C23H25Cl2N7. The van der Waals surface area contributed by atoms with Gasteiger partial charge in [-0.2, -0.15) is 5.26 Å². The normalized spacial score (nSPS) is 15.8. The Morgan fingerprint density at radius 1 is 1.16 bits per heavy atom. The van der Waals surface area contributed by atoms with Crippen molar-refractivity contribution in [3.05, 3.63) is 51.5 Å². The zero-order chi connectivity index (χ0) is 23.0. The van der Waals surface area contributed by atoms with E-state index in [9.17, 15) is 5.26 Å². The number of pyridine rings is 2. The molecule has 0 unspecified atom stereocenters. The smallest absolute Gasteiger partial charge is 0.217 e. The zero-order valence-electron chi connectivity index (χ0n) is 18.6. The summed E-state index contributed by atoms with van der Waals surface area (Å²) in [5.41, 5.74) is 5.19. The van der Waals surface area contributed by atoms with Crippen LogP contribution in [-0.4, -0.2) is 38.5 Å². The Balaban J connectivity index is 1.73. The third kappa shape index (κ3) is 4.25. The fourth-order valence-electron chi connectivity index (χ4n) is 4.38. The van der Waals surface area contributed by atoms with Crippen LogP contribution in [0.5, 0.6) is 0 Å². The first-order valence-electron chi connectivity index (χ1n) is 10.6. The topological polar surface area (TPSA) is 73.3 Å². The van der Waals surface area contributed by atoms with E-state index < -0.39 is 0 Å². The van der Waals surface area contributed by atoms with Crippen LogP contribution in [0.2, 0.25) is 10.3 Å². The molecular weight excluding hydrogens is 445 g/mol. The fourth-order valence-corrected chi connectivity index (χ4v) is 4.83. The molecule has 1 fully saturated rings. The summed E-state index contributed by atoms with van der Waals surface area (Å²) in [4.78, 5) is 17.2. The van der Waals surface area contributed by atoms with Crippen molar-refractivity contribution in [1.29, 1.82) is 5.26 Å². The molecule has 0 radical (unpaired) electrons. The van der Waals surface area contributed by atoms with Crippen LogP contribution in [0.3, 0.4) is 0 Å². The number of anilines is 1. The summed E-state index contributed by atoms with van der Waals surface area (Å²) in [6.45, 7) is 8.55. The molecule has 0 aromatic carbocycles. The van der Waals surface area contributed by atoms with E-state index in [-0.39, 0.29) is 0 Å². The molecule has 0 bridgehead atoms. The predicted octanol–water partition coefficient (Wildman–Crippen LogP) is 5.26. The molecule has 3 aromatic heterocycles. The van der Waals surface area contributed by atoms with Crippen LogP contribution in [0.4, 0.5) is 5.69 Å². The lowest BCUT2D eigenvalue weighted by atomic mass is 9.98. The Hall–Kier alpha value is -2.82. The number of aryl methyl sites for hydroxylation is 2. The maximum absolute atomic E-state index is 9.40. The number of halogens is 2. The molecule has 4 heterocycles. The van der Waals surface area contributed by atoms with E-state index in [4.69, 9.17) is 28.2 Å². The SMILES string of the molecule is Cc1cn(C)c2nc(CN3CCCN(c4cc(Cl)nc(Cl)c4)C3=NC#N)cc(C(C)C)c12. The standard InChI is InChI=1S/C23H25Cl2N7/c1-14(2)18-8-16(28-22-21(18)15(3)11-30(22)4)12-31-6-5-7-32(23(31)27-13-26)17-9-19(24)29-20(25)10-17/h8-11,14H,5-7,12H2,1-4H3. The van der Waals surface area contributed by atoms with Crippen molar-refractivity contribution in [3.8, 4) is 6.19 Å². The van der Waals surface area contributed by atoms with Crippen LogP contribution in [0, 0.1) is 18.4 Å². The first kappa shape index (κ1) is 22.4. The molecule has 4 rings (SSSR count). The summed E-state index contributed by atoms with van der Waals surface area (Å²) >= 11 is 12.3. The quantitative estimate of drug-likeness (QED) is 0.384. The van der Waals surface area contributed by atoms with Gasteiger partial charge in [0.15, 0.2) is 0 Å². The van der Waals surface area contributed by atoms with Crippen LogP contribution < -0.4 is 4.90 Å². The molecule has 9 heteroatoms. The Morgan fingerprint density at radius 3 is 2.53 bits per heavy atom. The molecule has 166 valence electrons. The van der Waals surface area contributed by atoms with E-state index in [1.165, 1.54) is 16.5 Å². The molecule has 0 N–H and O–H groups in total. The molecule has 3 aromatic rings. The minimum atomic E-state index is 0.300. The van der Waals surface area contributed by atoms with Crippen molar-refractivity contribution in [2.75, 3.05) is 18.0 Å². The molecule has 7 nitrogen and oxygen atoms in total. The van der Waals surface area contributed by atoms with Crippen molar-refractivity contribution in [2.45, 2.75) is 39.7 Å². The minimum absolute atomic E-state index is 0.300. The lowest BCUT2D eigenvalue weighted by Crippen LogP contribution is -2.50. The number of fused-ring (bicyclic) bond motifs is 1. The highest BCUT2D eigenvalue weighted by Crippen LogP contribution is 2.30. The summed E-state index contributed by atoms with van der Waals surface area (Å²) in [7, 11) is 2.03. The number of nitriles is 1. The summed E-state index contributed by atoms with van der Waals surface area (Å²) in [6.07, 6.45) is 4.97. The Bertz CT molecular complexity index is 1220. The monoisotopic (exact) mass is 469 g/mol. The molecule has 0 atom stereocenters. The average Bonchev–Trinajstić information content (AvgIpc) is 3.01. The number of guanidine groups is 1. The van der Waals surface area contributed by atoms with Crippen LogP contribution in [0.15, 0.2) is 29.4 Å². The Morgan fingerprint density at radius 2 is 1.88 bits per heavy atom. The lowest BCUT2D eigenvalue weighted by Gasteiger charge is -2.38. The van der Waals surface area contributed by atoms with E-state index >= 15 is 0 Å². The second-order valence-corrected chi connectivity index (χ2v) is 9.16. The fraction of sp³-hybridized carbons (Fsp3) is 0.391. The number of nitrogens with zero attached hydrogens (tertiary/aromatic N) is 7. The van der Waals surface area contributed by atoms with Gasteiger partial charge < -0.3 is 14.4 Å². The number of hydrogen-bond acceptors (Lipinski definition) is 4. The highest BCUT2D eigenvalue weighted by Gasteiger charge is 2.27. The van der Waals surface area contributed by atoms with Crippen molar-refractivity contribution < 1.29 is 0 Å². The molecule has 0 amide bonds. The van der Waals surface area contributed by atoms with Gasteiger partial charge in [0.1, 0.15) is 16.0 Å². The molecule has 1 aliphatic heterocycles. The van der Waals surface area contributed by atoms with Crippen molar-refractivity contribution in [3.63, 3.8) is 0 Å². The average molecular weight is 470 g/mol. The highest BCUT2D eigenvalue weighted by molar-refractivity contribution is 6.33. The summed E-state index contributed by atoms with van der Waals surface area (Å²) < 4.78 is 2.08. The van der Waals surface area contributed by atoms with Crippen molar-refractivity contribution in [1.82, 2.24) is 19.4 Å². The van der Waals surface area contributed by atoms with Gasteiger partial charge in [0.2, 0.25) is 12.2 Å². The van der Waals surface area contributed by atoms with Crippen LogP contribution in [0.25, 0.3) is 11.0 Å². The molecule has 32 heavy (non-hydrogen) atoms. The molecule has 0 spiro atoms. The lowest BCUT2D eigenvalue weighted by molar-refractivity contribution is 0.371. The second kappa shape index (κ2) is 8.97. The second-order valence-electron chi connectivity index (χ2n) is 8.39. The van der Waals surface area contributed by atoms with E-state index in [1.807, 2.05) is 18.1 Å².